The van der Waals surface area contributed by atoms with E-state index in [1.54, 1.807) is 12.7 Å². The Morgan fingerprint density at radius 2 is 1.65 bits per heavy atom. The van der Waals surface area contributed by atoms with E-state index in [1.807, 2.05) is 0 Å². The van der Waals surface area contributed by atoms with Gasteiger partial charge in [-0.1, -0.05) is 56.9 Å². The van der Waals surface area contributed by atoms with Crippen LogP contribution in [0.5, 0.6) is 5.75 Å². The molecule has 1 nitrogen and oxygen atoms in total. The number of hydrogen-bond acceptors (Lipinski definition) is 1. The van der Waals surface area contributed by atoms with E-state index in [0.717, 1.165) is 29.4 Å². The van der Waals surface area contributed by atoms with Crippen molar-refractivity contribution in [3.05, 3.63) is 42.0 Å². The van der Waals surface area contributed by atoms with Gasteiger partial charge in [-0.05, 0) is 84.2 Å². The van der Waals surface area contributed by atoms with Crippen LogP contribution >= 0.6 is 0 Å². The lowest BCUT2D eigenvalue weighted by Gasteiger charge is -2.42. The molecule has 2 fully saturated rings. The maximum Gasteiger partial charge on any atom is 0.119 e. The first-order chi connectivity index (χ1) is 12.8. The zero-order valence-corrected chi connectivity index (χ0v) is 16.5. The van der Waals surface area contributed by atoms with Crippen molar-refractivity contribution < 1.29 is 4.74 Å². The lowest BCUT2D eigenvalue weighted by molar-refractivity contribution is 0.113. The summed E-state index contributed by atoms with van der Waals surface area (Å²) in [5.74, 6) is 4.76. The smallest absolute Gasteiger partial charge is 0.119 e. The Bertz CT molecular complexity index is 734. The first kappa shape index (κ1) is 17.9. The Morgan fingerprint density at radius 1 is 0.885 bits per heavy atom. The van der Waals surface area contributed by atoms with Crippen LogP contribution in [0.2, 0.25) is 0 Å². The topological polar surface area (TPSA) is 9.23 Å². The van der Waals surface area contributed by atoms with Gasteiger partial charge in [-0.3, -0.25) is 0 Å². The van der Waals surface area contributed by atoms with Gasteiger partial charge in [0.25, 0.3) is 0 Å². The fourth-order valence-corrected chi connectivity index (χ4v) is 5.67. The van der Waals surface area contributed by atoms with E-state index in [-0.39, 0.29) is 0 Å². The van der Waals surface area contributed by atoms with Gasteiger partial charge >= 0.3 is 0 Å². The summed E-state index contributed by atoms with van der Waals surface area (Å²) >= 11 is 0. The molecule has 0 aromatic heterocycles. The maximum absolute atomic E-state index is 5.36. The zero-order chi connectivity index (χ0) is 17.9. The highest BCUT2D eigenvalue weighted by atomic mass is 16.5. The third-order valence-corrected chi connectivity index (χ3v) is 7.23. The Kier molecular flexibility index (Phi) is 5.52. The van der Waals surface area contributed by atoms with Crippen molar-refractivity contribution >= 4 is 10.8 Å². The van der Waals surface area contributed by atoms with E-state index in [0.29, 0.717) is 0 Å². The van der Waals surface area contributed by atoms with Crippen molar-refractivity contribution in [1.82, 2.24) is 0 Å². The number of rotatable bonds is 5. The predicted octanol–water partition coefficient (Wildman–Crippen LogP) is 7.34. The van der Waals surface area contributed by atoms with Crippen molar-refractivity contribution in [1.29, 1.82) is 0 Å². The van der Waals surface area contributed by atoms with Gasteiger partial charge in [0, 0.05) is 0 Å². The van der Waals surface area contributed by atoms with Gasteiger partial charge in [-0.2, -0.15) is 0 Å². The summed E-state index contributed by atoms with van der Waals surface area (Å²) in [6.45, 7) is 2.33. The van der Waals surface area contributed by atoms with Crippen LogP contribution in [-0.4, -0.2) is 7.11 Å². The molecule has 2 aromatic carbocycles. The van der Waals surface area contributed by atoms with Gasteiger partial charge in [0.1, 0.15) is 5.75 Å². The summed E-state index contributed by atoms with van der Waals surface area (Å²) in [5, 5.41) is 2.65. The molecule has 140 valence electrons. The SMILES string of the molecule is CCCCC1CCC2C[C@H](c3ccc4cc(OC)ccc4c3)CC[C@@H]2C1. The highest BCUT2D eigenvalue weighted by Gasteiger charge is 2.35. The highest BCUT2D eigenvalue weighted by Crippen LogP contribution is 2.48. The second-order valence-corrected chi connectivity index (χ2v) is 8.82. The Labute approximate surface area is 159 Å². The molecular formula is C25H34O. The van der Waals surface area contributed by atoms with Crippen molar-refractivity contribution in [3.8, 4) is 5.75 Å². The molecule has 2 aliphatic rings. The molecule has 0 heterocycles. The minimum Gasteiger partial charge on any atom is -0.497 e. The molecule has 2 aromatic rings. The molecule has 2 saturated carbocycles. The maximum atomic E-state index is 5.36. The molecule has 0 bridgehead atoms. The van der Waals surface area contributed by atoms with Crippen molar-refractivity contribution in [2.75, 3.05) is 7.11 Å². The summed E-state index contributed by atoms with van der Waals surface area (Å²) in [7, 11) is 1.74. The normalized spacial score (nSPS) is 28.7. The van der Waals surface area contributed by atoms with Gasteiger partial charge in [0.05, 0.1) is 7.11 Å². The van der Waals surface area contributed by atoms with Crippen LogP contribution in [0.15, 0.2) is 36.4 Å². The minimum absolute atomic E-state index is 0.773. The fourth-order valence-electron chi connectivity index (χ4n) is 5.67. The van der Waals surface area contributed by atoms with E-state index in [2.05, 4.69) is 43.3 Å². The predicted molar refractivity (Wildman–Crippen MR) is 111 cm³/mol. The van der Waals surface area contributed by atoms with Crippen LogP contribution in [0.3, 0.4) is 0 Å². The summed E-state index contributed by atoms with van der Waals surface area (Å²) in [5.41, 5.74) is 1.56. The van der Waals surface area contributed by atoms with Crippen molar-refractivity contribution in [2.24, 2.45) is 17.8 Å². The van der Waals surface area contributed by atoms with Gasteiger partial charge < -0.3 is 4.74 Å². The van der Waals surface area contributed by atoms with Gasteiger partial charge in [-0.15, -0.1) is 0 Å². The highest BCUT2D eigenvalue weighted by molar-refractivity contribution is 5.84. The number of hydrogen-bond donors (Lipinski definition) is 0. The molecule has 4 rings (SSSR count). The van der Waals surface area contributed by atoms with Crippen LogP contribution in [0.25, 0.3) is 10.8 Å². The molecular weight excluding hydrogens is 316 g/mol. The van der Waals surface area contributed by atoms with Crippen LogP contribution in [0, 0.1) is 17.8 Å². The molecule has 0 spiro atoms. The van der Waals surface area contributed by atoms with E-state index in [4.69, 9.17) is 4.74 Å². The quantitative estimate of drug-likeness (QED) is 0.548. The zero-order valence-electron chi connectivity index (χ0n) is 16.5. The Hall–Kier alpha value is -1.50. The molecule has 0 amide bonds. The second kappa shape index (κ2) is 8.03. The second-order valence-electron chi connectivity index (χ2n) is 8.82. The van der Waals surface area contributed by atoms with E-state index in [1.165, 1.54) is 68.6 Å². The summed E-state index contributed by atoms with van der Waals surface area (Å²) in [6.07, 6.45) is 13.1. The van der Waals surface area contributed by atoms with Crippen LogP contribution in [-0.2, 0) is 0 Å². The van der Waals surface area contributed by atoms with E-state index in [9.17, 15) is 0 Å². The lowest BCUT2D eigenvalue weighted by Crippen LogP contribution is -2.30. The van der Waals surface area contributed by atoms with Crippen molar-refractivity contribution in [3.63, 3.8) is 0 Å². The molecule has 0 saturated heterocycles. The van der Waals surface area contributed by atoms with E-state index >= 15 is 0 Å². The van der Waals surface area contributed by atoms with Gasteiger partial charge in [0.2, 0.25) is 0 Å². The molecule has 26 heavy (non-hydrogen) atoms. The third-order valence-electron chi connectivity index (χ3n) is 7.23. The lowest BCUT2D eigenvalue weighted by atomic mass is 9.63. The summed E-state index contributed by atoms with van der Waals surface area (Å²) < 4.78 is 5.36. The van der Waals surface area contributed by atoms with Crippen LogP contribution < -0.4 is 4.74 Å². The largest absolute Gasteiger partial charge is 0.497 e. The number of unbranched alkanes of at least 4 members (excludes halogenated alkanes) is 1. The molecule has 0 N–H and O–H groups in total. The van der Waals surface area contributed by atoms with Gasteiger partial charge in [0.15, 0.2) is 0 Å². The first-order valence-electron chi connectivity index (χ1n) is 10.8. The summed E-state index contributed by atoms with van der Waals surface area (Å²) in [6, 6.07) is 13.5. The number of ether oxygens (including phenoxy) is 1. The monoisotopic (exact) mass is 350 g/mol. The molecule has 4 atom stereocenters. The Morgan fingerprint density at radius 3 is 2.50 bits per heavy atom. The number of benzene rings is 2. The van der Waals surface area contributed by atoms with Crippen LogP contribution in [0.1, 0.15) is 76.2 Å². The summed E-state index contributed by atoms with van der Waals surface area (Å²) in [4.78, 5) is 0. The fraction of sp³-hybridized carbons (Fsp3) is 0.600. The van der Waals surface area contributed by atoms with E-state index < -0.39 is 0 Å². The molecule has 2 unspecified atom stereocenters. The number of fused-ring (bicyclic) bond motifs is 2. The average molecular weight is 351 g/mol. The van der Waals surface area contributed by atoms with Gasteiger partial charge in [-0.25, -0.2) is 0 Å². The third kappa shape index (κ3) is 3.77. The van der Waals surface area contributed by atoms with Crippen molar-refractivity contribution in [2.45, 2.75) is 70.6 Å². The first-order valence-corrected chi connectivity index (χ1v) is 10.8. The molecule has 2 aliphatic carbocycles. The standard InChI is InChI=1S/C25H34O/c1-3-4-5-18-6-7-20-15-21(9-8-19(20)14-18)22-10-11-24-17-25(26-2)13-12-23(24)16-22/h10-13,16-21H,3-9,14-15H2,1-2H3/t18?,19-,20?,21-/m1/s1. The molecule has 0 radical (unpaired) electrons. The average Bonchev–Trinajstić information content (AvgIpc) is 2.70. The van der Waals surface area contributed by atoms with Crippen LogP contribution in [0.4, 0.5) is 0 Å². The number of methoxy groups -OCH3 is 1. The Balaban J connectivity index is 1.43. The molecule has 1 heteroatoms. The minimum atomic E-state index is 0.773. The molecule has 0 aliphatic heterocycles.